The number of aryl methyl sites for hydroxylation is 1. The molecule has 2 N–H and O–H groups in total. The van der Waals surface area contributed by atoms with E-state index in [2.05, 4.69) is 4.72 Å². The Labute approximate surface area is 117 Å². The Hall–Kier alpha value is -1.47. The van der Waals surface area contributed by atoms with Crippen molar-refractivity contribution >= 4 is 16.0 Å². The Morgan fingerprint density at radius 3 is 2.45 bits per heavy atom. The van der Waals surface area contributed by atoms with Gasteiger partial charge in [-0.3, -0.25) is 4.79 Å². The van der Waals surface area contributed by atoms with Gasteiger partial charge in [-0.05, 0) is 37.0 Å². The van der Waals surface area contributed by atoms with E-state index >= 15 is 0 Å². The van der Waals surface area contributed by atoms with Gasteiger partial charge < -0.3 is 5.11 Å². The lowest BCUT2D eigenvalue weighted by molar-refractivity contribution is -0.139. The van der Waals surface area contributed by atoms with Crippen molar-refractivity contribution < 1.29 is 22.7 Å². The van der Waals surface area contributed by atoms with Gasteiger partial charge in [0.15, 0.2) is 0 Å². The third-order valence-electron chi connectivity index (χ3n) is 2.76. The first-order valence-corrected chi connectivity index (χ1v) is 7.63. The third kappa shape index (κ3) is 4.28. The molecule has 0 aliphatic rings. The Kier molecular flexibility index (Phi) is 5.24. The van der Waals surface area contributed by atoms with Gasteiger partial charge >= 0.3 is 5.97 Å². The Morgan fingerprint density at radius 1 is 1.40 bits per heavy atom. The zero-order valence-corrected chi connectivity index (χ0v) is 12.4. The highest BCUT2D eigenvalue weighted by Gasteiger charge is 2.26. The van der Waals surface area contributed by atoms with Crippen molar-refractivity contribution in [1.82, 2.24) is 4.72 Å². The van der Waals surface area contributed by atoms with Crippen molar-refractivity contribution in [3.63, 3.8) is 0 Å². The maximum atomic E-state index is 13.4. The number of benzene rings is 1. The molecular formula is C13H18FNO4S. The van der Waals surface area contributed by atoms with E-state index in [1.807, 2.05) is 0 Å². The van der Waals surface area contributed by atoms with Crippen molar-refractivity contribution in [1.29, 1.82) is 0 Å². The number of carbonyl (C=O) groups is 1. The molecule has 5 nitrogen and oxygen atoms in total. The van der Waals surface area contributed by atoms with Crippen LogP contribution in [0.2, 0.25) is 0 Å². The zero-order chi connectivity index (χ0) is 15.5. The summed E-state index contributed by atoms with van der Waals surface area (Å²) < 4.78 is 39.6. The summed E-state index contributed by atoms with van der Waals surface area (Å²) in [7, 11) is -4.06. The minimum Gasteiger partial charge on any atom is -0.480 e. The summed E-state index contributed by atoms with van der Waals surface area (Å²) in [5, 5.41) is 9.03. The number of rotatable bonds is 6. The van der Waals surface area contributed by atoms with Crippen molar-refractivity contribution in [2.45, 2.75) is 38.1 Å². The molecule has 7 heteroatoms. The molecule has 0 radical (unpaired) electrons. The predicted molar refractivity (Wildman–Crippen MR) is 72.3 cm³/mol. The van der Waals surface area contributed by atoms with Gasteiger partial charge in [0, 0.05) is 0 Å². The minimum absolute atomic E-state index is 0.00792. The lowest BCUT2D eigenvalue weighted by Gasteiger charge is -2.16. The molecule has 0 saturated carbocycles. The van der Waals surface area contributed by atoms with Crippen LogP contribution < -0.4 is 4.72 Å². The first kappa shape index (κ1) is 16.6. The molecule has 1 aromatic carbocycles. The van der Waals surface area contributed by atoms with Crippen molar-refractivity contribution in [3.05, 3.63) is 29.6 Å². The largest absolute Gasteiger partial charge is 0.480 e. The van der Waals surface area contributed by atoms with E-state index in [1.54, 1.807) is 13.8 Å². The molecule has 0 unspecified atom stereocenters. The second kappa shape index (κ2) is 6.32. The highest BCUT2D eigenvalue weighted by molar-refractivity contribution is 7.89. The molecule has 1 rings (SSSR count). The van der Waals surface area contributed by atoms with E-state index in [-0.39, 0.29) is 17.2 Å². The van der Waals surface area contributed by atoms with E-state index < -0.39 is 27.9 Å². The second-order valence-corrected chi connectivity index (χ2v) is 6.77. The monoisotopic (exact) mass is 303 g/mol. The first-order chi connectivity index (χ1) is 9.13. The molecule has 0 bridgehead atoms. The molecule has 0 fully saturated rings. The topological polar surface area (TPSA) is 83.5 Å². The zero-order valence-electron chi connectivity index (χ0n) is 11.6. The summed E-state index contributed by atoms with van der Waals surface area (Å²) in [5.41, 5.74) is 0.320. The van der Waals surface area contributed by atoms with Crippen LogP contribution in [-0.2, 0) is 14.8 Å². The Balaban J connectivity index is 3.03. The van der Waals surface area contributed by atoms with E-state index in [0.29, 0.717) is 5.56 Å². The van der Waals surface area contributed by atoms with Crippen molar-refractivity contribution in [2.24, 2.45) is 5.92 Å². The average Bonchev–Trinajstić information content (AvgIpc) is 2.30. The number of aliphatic carboxylic acids is 1. The predicted octanol–water partition coefficient (Wildman–Crippen LogP) is 1.91. The van der Waals surface area contributed by atoms with Crippen LogP contribution in [0, 0.1) is 18.7 Å². The number of hydrogen-bond acceptors (Lipinski definition) is 3. The Morgan fingerprint density at radius 2 is 2.00 bits per heavy atom. The van der Waals surface area contributed by atoms with Gasteiger partial charge in [0.2, 0.25) is 10.0 Å². The molecule has 0 heterocycles. The normalized spacial score (nSPS) is 13.4. The van der Waals surface area contributed by atoms with Crippen molar-refractivity contribution in [2.75, 3.05) is 0 Å². The molecule has 0 spiro atoms. The number of halogens is 1. The van der Waals surface area contributed by atoms with E-state index in [0.717, 1.165) is 6.07 Å². The van der Waals surface area contributed by atoms with Crippen LogP contribution in [0.25, 0.3) is 0 Å². The molecule has 20 heavy (non-hydrogen) atoms. The highest BCUT2D eigenvalue weighted by Crippen LogP contribution is 2.16. The summed E-state index contributed by atoms with van der Waals surface area (Å²) in [6.45, 7) is 5.09. The van der Waals surface area contributed by atoms with E-state index in [1.165, 1.54) is 19.1 Å². The molecule has 112 valence electrons. The first-order valence-electron chi connectivity index (χ1n) is 6.14. The molecule has 1 atom stereocenters. The standard InChI is InChI=1S/C13H18FNO4S/c1-8(2)6-12(13(16)17)15-20(18,19)10-5-4-9(3)11(14)7-10/h4-5,7-8,12,15H,6H2,1-3H3,(H,16,17)/t12-/m1/s1. The van der Waals surface area contributed by atoms with E-state index in [4.69, 9.17) is 5.11 Å². The van der Waals surface area contributed by atoms with Gasteiger partial charge in [0.1, 0.15) is 11.9 Å². The maximum absolute atomic E-state index is 13.4. The molecule has 0 amide bonds. The summed E-state index contributed by atoms with van der Waals surface area (Å²) in [6.07, 6.45) is 0.156. The molecule has 0 aliphatic heterocycles. The summed E-state index contributed by atoms with van der Waals surface area (Å²) >= 11 is 0. The van der Waals surface area contributed by atoms with Crippen LogP contribution in [0.1, 0.15) is 25.8 Å². The number of nitrogens with one attached hydrogen (secondary N) is 1. The van der Waals surface area contributed by atoms with Crippen LogP contribution in [0.5, 0.6) is 0 Å². The van der Waals surface area contributed by atoms with E-state index in [9.17, 15) is 17.6 Å². The van der Waals surface area contributed by atoms with Crippen LogP contribution in [0.15, 0.2) is 23.1 Å². The lowest BCUT2D eigenvalue weighted by atomic mass is 10.1. The number of carboxylic acids is 1. The van der Waals surface area contributed by atoms with Crippen LogP contribution >= 0.6 is 0 Å². The molecule has 0 aliphatic carbocycles. The van der Waals surface area contributed by atoms with Gasteiger partial charge in [-0.15, -0.1) is 0 Å². The minimum atomic E-state index is -4.06. The molecule has 0 saturated heterocycles. The summed E-state index contributed by atoms with van der Waals surface area (Å²) in [5.74, 6) is -1.90. The summed E-state index contributed by atoms with van der Waals surface area (Å²) in [4.78, 5) is 10.8. The fraction of sp³-hybridized carbons (Fsp3) is 0.462. The van der Waals surface area contributed by atoms with Gasteiger partial charge in [-0.2, -0.15) is 4.72 Å². The number of hydrogen-bond donors (Lipinski definition) is 2. The maximum Gasteiger partial charge on any atom is 0.321 e. The lowest BCUT2D eigenvalue weighted by Crippen LogP contribution is -2.41. The molecular weight excluding hydrogens is 285 g/mol. The van der Waals surface area contributed by atoms with Gasteiger partial charge in [0.05, 0.1) is 4.90 Å². The van der Waals surface area contributed by atoms with Crippen LogP contribution in [0.4, 0.5) is 4.39 Å². The highest BCUT2D eigenvalue weighted by atomic mass is 32.2. The second-order valence-electron chi connectivity index (χ2n) is 5.05. The fourth-order valence-corrected chi connectivity index (χ4v) is 2.88. The average molecular weight is 303 g/mol. The SMILES string of the molecule is Cc1ccc(S(=O)(=O)N[C@H](CC(C)C)C(=O)O)cc1F. The molecule has 1 aromatic rings. The smallest absolute Gasteiger partial charge is 0.321 e. The van der Waals surface area contributed by atoms with Gasteiger partial charge in [-0.25, -0.2) is 12.8 Å². The van der Waals surface area contributed by atoms with Gasteiger partial charge in [0.25, 0.3) is 0 Å². The number of sulfonamides is 1. The quantitative estimate of drug-likeness (QED) is 0.841. The fourth-order valence-electron chi connectivity index (χ4n) is 1.67. The Bertz CT molecular complexity index is 598. The van der Waals surface area contributed by atoms with Gasteiger partial charge in [-0.1, -0.05) is 19.9 Å². The van der Waals surface area contributed by atoms with Crippen LogP contribution in [-0.4, -0.2) is 25.5 Å². The van der Waals surface area contributed by atoms with Crippen LogP contribution in [0.3, 0.4) is 0 Å². The van der Waals surface area contributed by atoms with Crippen molar-refractivity contribution in [3.8, 4) is 0 Å². The third-order valence-corrected chi connectivity index (χ3v) is 4.23. The number of carboxylic acid groups (broad SMARTS) is 1. The summed E-state index contributed by atoms with van der Waals surface area (Å²) in [6, 6.07) is 2.23. The molecule has 0 aromatic heterocycles.